The molecule has 1 aromatic rings. The minimum atomic E-state index is -1.58. The van der Waals surface area contributed by atoms with Gasteiger partial charge in [-0.25, -0.2) is 0 Å². The summed E-state index contributed by atoms with van der Waals surface area (Å²) >= 11 is 0. The van der Waals surface area contributed by atoms with E-state index in [4.69, 9.17) is 28.4 Å². The van der Waals surface area contributed by atoms with Crippen LogP contribution >= 0.6 is 0 Å². The lowest BCUT2D eigenvalue weighted by Crippen LogP contribution is -2.58. The van der Waals surface area contributed by atoms with Gasteiger partial charge in [0.25, 0.3) is 0 Å². The first kappa shape index (κ1) is 29.7. The van der Waals surface area contributed by atoms with Gasteiger partial charge < -0.3 is 28.4 Å². The molecule has 7 heteroatoms. The quantitative estimate of drug-likeness (QED) is 0.162. The molecule has 0 aromatic heterocycles. The average Bonchev–Trinajstić information content (AvgIpc) is 3.77. The van der Waals surface area contributed by atoms with Crippen molar-refractivity contribution in [2.45, 2.75) is 109 Å². The van der Waals surface area contributed by atoms with Crippen LogP contribution in [0.25, 0.3) is 0 Å². The molecule has 1 saturated carbocycles. The second-order valence-corrected chi connectivity index (χ2v) is 17.9. The van der Waals surface area contributed by atoms with Crippen LogP contribution in [-0.2, 0) is 28.4 Å². The number of rotatable bonds is 13. The Morgan fingerprint density at radius 2 is 1.46 bits per heavy atom. The fourth-order valence-electron chi connectivity index (χ4n) is 6.73. The van der Waals surface area contributed by atoms with Crippen molar-refractivity contribution in [1.29, 1.82) is 0 Å². The maximum atomic E-state index is 6.32. The van der Waals surface area contributed by atoms with E-state index in [1.165, 1.54) is 37.8 Å². The van der Waals surface area contributed by atoms with Gasteiger partial charge in [-0.1, -0.05) is 81.3 Å². The Bertz CT molecular complexity index is 887. The summed E-state index contributed by atoms with van der Waals surface area (Å²) in [5.74, 6) is 0.844. The molecule has 4 atom stereocenters. The Kier molecular flexibility index (Phi) is 9.59. The highest BCUT2D eigenvalue weighted by Crippen LogP contribution is 2.43. The second kappa shape index (κ2) is 12.6. The Morgan fingerprint density at radius 1 is 0.821 bits per heavy atom. The van der Waals surface area contributed by atoms with Crippen LogP contribution in [0.4, 0.5) is 0 Å². The predicted molar refractivity (Wildman–Crippen MR) is 156 cm³/mol. The van der Waals surface area contributed by atoms with Crippen molar-refractivity contribution < 1.29 is 28.4 Å². The number of hydrogen-bond acceptors (Lipinski definition) is 6. The lowest BCUT2D eigenvalue weighted by Gasteiger charge is -2.49. The lowest BCUT2D eigenvalue weighted by molar-refractivity contribution is -0.548. The van der Waals surface area contributed by atoms with Crippen molar-refractivity contribution in [3.8, 4) is 0 Å². The normalized spacial score (nSPS) is 30.4. The second-order valence-electron chi connectivity index (χ2n) is 13.2. The van der Waals surface area contributed by atoms with E-state index in [1.807, 2.05) is 0 Å². The van der Waals surface area contributed by atoms with Crippen LogP contribution in [0.15, 0.2) is 30.3 Å². The topological polar surface area (TPSA) is 58.7 Å². The van der Waals surface area contributed by atoms with Gasteiger partial charge in [0.2, 0.25) is 0 Å². The van der Waals surface area contributed by atoms with Gasteiger partial charge in [-0.3, -0.25) is 0 Å². The zero-order valence-corrected chi connectivity index (χ0v) is 25.9. The summed E-state index contributed by atoms with van der Waals surface area (Å²) in [5, 5.41) is 1.59. The van der Waals surface area contributed by atoms with Crippen molar-refractivity contribution in [3.63, 3.8) is 0 Å². The summed E-state index contributed by atoms with van der Waals surface area (Å²) in [4.78, 5) is 0. The summed E-state index contributed by atoms with van der Waals surface area (Å²) < 4.78 is 36.4. The average molecular weight is 561 g/mol. The van der Waals surface area contributed by atoms with Crippen LogP contribution in [0.2, 0.25) is 18.6 Å². The third-order valence-electron chi connectivity index (χ3n) is 10.6. The van der Waals surface area contributed by atoms with E-state index in [0.29, 0.717) is 45.2 Å². The Hall–Kier alpha value is -0.803. The molecule has 4 unspecified atom stereocenters. The standard InChI is InChI=1S/C32H52O6Si/c1-5-30(6-2)22-34-32(35-23-30)36-24-31(7-3,25-37-32)21-33-17-11-18-39(4,27-12-9-8-10-13-27)19-16-26-14-15-28-29(20-26)38-28/h8-10,12-13,26,28-29H,5-7,11,14-25H2,1-4H3. The molecule has 0 bridgehead atoms. The highest BCUT2D eigenvalue weighted by molar-refractivity contribution is 6.90. The van der Waals surface area contributed by atoms with E-state index >= 15 is 0 Å². The van der Waals surface area contributed by atoms with E-state index in [1.54, 1.807) is 5.19 Å². The van der Waals surface area contributed by atoms with Gasteiger partial charge in [-0.15, -0.1) is 0 Å². The minimum Gasteiger partial charge on any atom is -0.381 e. The summed E-state index contributed by atoms with van der Waals surface area (Å²) in [7, 11) is -1.58. The zero-order chi connectivity index (χ0) is 27.4. The summed E-state index contributed by atoms with van der Waals surface area (Å²) in [6.45, 7) is 12.8. The van der Waals surface area contributed by atoms with E-state index in [0.717, 1.165) is 38.2 Å². The van der Waals surface area contributed by atoms with Gasteiger partial charge in [0, 0.05) is 17.4 Å². The molecule has 39 heavy (non-hydrogen) atoms. The molecule has 1 spiro atoms. The van der Waals surface area contributed by atoms with Crippen LogP contribution in [-0.4, -0.2) is 66.1 Å². The molecule has 4 fully saturated rings. The van der Waals surface area contributed by atoms with Crippen LogP contribution in [0.3, 0.4) is 0 Å². The molecule has 4 aliphatic rings. The van der Waals surface area contributed by atoms with Gasteiger partial charge in [-0.05, 0) is 50.9 Å². The maximum absolute atomic E-state index is 6.32. The summed E-state index contributed by atoms with van der Waals surface area (Å²) in [6, 6.07) is 13.9. The minimum absolute atomic E-state index is 0.0586. The van der Waals surface area contributed by atoms with Gasteiger partial charge in [-0.2, -0.15) is 0 Å². The molecule has 5 rings (SSSR count). The van der Waals surface area contributed by atoms with E-state index in [9.17, 15) is 0 Å². The number of fused-ring (bicyclic) bond motifs is 1. The molecule has 3 heterocycles. The highest BCUT2D eigenvalue weighted by Gasteiger charge is 2.52. The maximum Gasteiger partial charge on any atom is 0.412 e. The summed E-state index contributed by atoms with van der Waals surface area (Å²) in [5.41, 5.74) is -0.102. The number of benzene rings is 1. The van der Waals surface area contributed by atoms with Crippen molar-refractivity contribution in [2.75, 3.05) is 39.6 Å². The van der Waals surface area contributed by atoms with Gasteiger partial charge in [0.1, 0.15) is 0 Å². The third kappa shape index (κ3) is 6.99. The summed E-state index contributed by atoms with van der Waals surface area (Å²) in [6.07, 6.45) is 9.17. The van der Waals surface area contributed by atoms with Gasteiger partial charge in [0.15, 0.2) is 0 Å². The van der Waals surface area contributed by atoms with Crippen molar-refractivity contribution >= 4 is 13.3 Å². The smallest absolute Gasteiger partial charge is 0.381 e. The first-order chi connectivity index (χ1) is 18.9. The Balaban J connectivity index is 1.07. The van der Waals surface area contributed by atoms with Crippen LogP contribution in [0, 0.1) is 16.7 Å². The molecule has 220 valence electrons. The molecular formula is C32H52O6Si. The van der Waals surface area contributed by atoms with E-state index < -0.39 is 14.2 Å². The van der Waals surface area contributed by atoms with E-state index in [2.05, 4.69) is 57.7 Å². The zero-order valence-electron chi connectivity index (χ0n) is 24.9. The van der Waals surface area contributed by atoms with Crippen LogP contribution < -0.4 is 5.19 Å². The Morgan fingerprint density at radius 3 is 2.08 bits per heavy atom. The third-order valence-corrected chi connectivity index (χ3v) is 15.2. The monoisotopic (exact) mass is 560 g/mol. The highest BCUT2D eigenvalue weighted by atomic mass is 28.3. The van der Waals surface area contributed by atoms with Crippen molar-refractivity contribution in [2.24, 2.45) is 16.7 Å². The molecule has 3 aliphatic heterocycles. The Labute approximate surface area is 237 Å². The van der Waals surface area contributed by atoms with Gasteiger partial charge >= 0.3 is 6.16 Å². The molecule has 0 radical (unpaired) electrons. The SMILES string of the molecule is CCC1(CC)COC2(OC1)OCC(CC)(COCCC[Si](C)(CCC1CCC3OC3C1)c1ccccc1)CO2. The fourth-order valence-corrected chi connectivity index (χ4v) is 10.5. The predicted octanol–water partition coefficient (Wildman–Crippen LogP) is 6.24. The molecule has 1 aliphatic carbocycles. The number of hydrogen-bond donors (Lipinski definition) is 0. The van der Waals surface area contributed by atoms with Crippen LogP contribution in [0.1, 0.15) is 72.1 Å². The van der Waals surface area contributed by atoms with Crippen molar-refractivity contribution in [3.05, 3.63) is 30.3 Å². The molecule has 0 N–H and O–H groups in total. The van der Waals surface area contributed by atoms with Crippen LogP contribution in [0.5, 0.6) is 0 Å². The lowest BCUT2D eigenvalue weighted by atomic mass is 9.83. The molecule has 1 aromatic carbocycles. The molecule has 0 amide bonds. The first-order valence-electron chi connectivity index (χ1n) is 15.7. The molecule has 6 nitrogen and oxygen atoms in total. The van der Waals surface area contributed by atoms with Gasteiger partial charge in [0.05, 0.1) is 53.3 Å². The molecular weight excluding hydrogens is 508 g/mol. The van der Waals surface area contributed by atoms with Crippen molar-refractivity contribution in [1.82, 2.24) is 0 Å². The number of ether oxygens (including phenoxy) is 6. The number of epoxide rings is 1. The van der Waals surface area contributed by atoms with E-state index in [-0.39, 0.29) is 10.8 Å². The molecule has 3 saturated heterocycles. The fraction of sp³-hybridized carbons (Fsp3) is 0.812. The largest absolute Gasteiger partial charge is 0.412 e. The first-order valence-corrected chi connectivity index (χ1v) is 18.6.